The van der Waals surface area contributed by atoms with Crippen molar-refractivity contribution in [3.05, 3.63) is 228 Å². The fourth-order valence-electron chi connectivity index (χ4n) is 6.79. The maximum absolute atomic E-state index is 11.5. The molecule has 1 N–H and O–H groups in total. The minimum absolute atomic E-state index is 0.313. The number of anilines is 5. The molecule has 274 valence electrons. The molecule has 0 saturated carbocycles. The van der Waals surface area contributed by atoms with Crippen molar-refractivity contribution in [1.82, 2.24) is 0 Å². The van der Waals surface area contributed by atoms with Gasteiger partial charge in [-0.3, -0.25) is 0 Å². The van der Waals surface area contributed by atoms with E-state index < -0.39 is 5.97 Å². The Morgan fingerprint density at radius 3 is 1.02 bits per heavy atom. The van der Waals surface area contributed by atoms with E-state index in [0.29, 0.717) is 5.56 Å². The molecule has 0 radical (unpaired) electrons. The molecule has 0 aliphatic carbocycles. The van der Waals surface area contributed by atoms with Crippen LogP contribution in [0.3, 0.4) is 0 Å². The number of benzene rings is 7. The second-order valence-electron chi connectivity index (χ2n) is 13.6. The molecular formula is C50H42N4O2. The van der Waals surface area contributed by atoms with E-state index in [1.165, 1.54) is 28.3 Å². The number of carbonyl (C=O) groups is 1. The number of carboxylic acids is 1. The van der Waals surface area contributed by atoms with Gasteiger partial charge in [0.15, 0.2) is 0 Å². The van der Waals surface area contributed by atoms with Gasteiger partial charge >= 0.3 is 5.97 Å². The molecule has 6 nitrogen and oxygen atoms in total. The van der Waals surface area contributed by atoms with Crippen LogP contribution in [0.4, 0.5) is 28.4 Å². The van der Waals surface area contributed by atoms with E-state index >= 15 is 0 Å². The minimum Gasteiger partial charge on any atom is -0.477 e. The van der Waals surface area contributed by atoms with Crippen LogP contribution in [0.2, 0.25) is 0 Å². The first-order valence-electron chi connectivity index (χ1n) is 18.6. The minimum atomic E-state index is -1.25. The standard InChI is InChI=1S/C50H42N4O2/c51-34-44(50(55)56)33-39-21-23-47(24-22-39)54(48-29-25-45(26-30-48)52(35-40-13-5-1-6-14-40)36-41-15-7-2-8-16-41)49-31-27-46(28-32-49)53(37-42-17-9-3-10-18-42)38-43-19-11-4-12-20-43/h1-33H,35-38H2,(H,55,56)/b44-33+. The molecule has 6 heteroatoms. The smallest absolute Gasteiger partial charge is 0.346 e. The SMILES string of the molecule is N#C/C(=C\c1ccc(N(c2ccc(N(Cc3ccccc3)Cc3ccccc3)cc2)c2ccc(N(Cc3ccccc3)Cc3ccccc3)cc2)cc1)C(=O)O. The molecule has 0 unspecified atom stereocenters. The van der Waals surface area contributed by atoms with Crippen molar-refractivity contribution in [2.45, 2.75) is 26.2 Å². The molecular weight excluding hydrogens is 689 g/mol. The van der Waals surface area contributed by atoms with Gasteiger partial charge in [-0.2, -0.15) is 5.26 Å². The van der Waals surface area contributed by atoms with Crippen molar-refractivity contribution in [2.75, 3.05) is 14.7 Å². The van der Waals surface area contributed by atoms with Gasteiger partial charge in [-0.05, 0) is 94.6 Å². The van der Waals surface area contributed by atoms with E-state index in [1.54, 1.807) is 6.07 Å². The largest absolute Gasteiger partial charge is 0.477 e. The van der Waals surface area contributed by atoms with Crippen LogP contribution >= 0.6 is 0 Å². The van der Waals surface area contributed by atoms with Crippen LogP contribution in [-0.4, -0.2) is 11.1 Å². The number of rotatable bonds is 15. The fraction of sp³-hybridized carbons (Fsp3) is 0.0800. The quantitative estimate of drug-likeness (QED) is 0.0836. The molecule has 7 aromatic rings. The van der Waals surface area contributed by atoms with Gasteiger partial charge in [0.2, 0.25) is 0 Å². The highest BCUT2D eigenvalue weighted by Gasteiger charge is 2.17. The van der Waals surface area contributed by atoms with E-state index in [2.05, 4.69) is 160 Å². The summed E-state index contributed by atoms with van der Waals surface area (Å²) >= 11 is 0. The van der Waals surface area contributed by atoms with Crippen molar-refractivity contribution < 1.29 is 9.90 Å². The second kappa shape index (κ2) is 18.1. The van der Waals surface area contributed by atoms with Crippen LogP contribution in [0.25, 0.3) is 6.08 Å². The summed E-state index contributed by atoms with van der Waals surface area (Å²) in [7, 11) is 0. The lowest BCUT2D eigenvalue weighted by atomic mass is 10.1. The molecule has 0 fully saturated rings. The third-order valence-corrected chi connectivity index (χ3v) is 9.62. The van der Waals surface area contributed by atoms with E-state index in [4.69, 9.17) is 0 Å². The van der Waals surface area contributed by atoms with Crippen LogP contribution in [0.15, 0.2) is 200 Å². The summed E-state index contributed by atoms with van der Waals surface area (Å²) in [6.07, 6.45) is 1.39. The summed E-state index contributed by atoms with van der Waals surface area (Å²) in [6.45, 7) is 3.05. The molecule has 0 bridgehead atoms. The van der Waals surface area contributed by atoms with Crippen LogP contribution < -0.4 is 14.7 Å². The third kappa shape index (κ3) is 9.59. The number of nitrogens with zero attached hydrogens (tertiary/aromatic N) is 4. The van der Waals surface area contributed by atoms with Crippen molar-refractivity contribution in [3.63, 3.8) is 0 Å². The normalized spacial score (nSPS) is 11.0. The third-order valence-electron chi connectivity index (χ3n) is 9.62. The lowest BCUT2D eigenvalue weighted by molar-refractivity contribution is -0.132. The Kier molecular flexibility index (Phi) is 12.0. The van der Waals surface area contributed by atoms with E-state index in [1.807, 2.05) is 48.5 Å². The summed E-state index contributed by atoms with van der Waals surface area (Å²) in [4.78, 5) is 18.5. The number of aliphatic carboxylic acids is 1. The Balaban J connectivity index is 1.24. The van der Waals surface area contributed by atoms with Gasteiger partial charge in [0.25, 0.3) is 0 Å². The summed E-state index contributed by atoms with van der Waals surface area (Å²) in [6, 6.07) is 68.7. The van der Waals surface area contributed by atoms with Gasteiger partial charge in [-0.15, -0.1) is 0 Å². The Labute approximate surface area is 329 Å². The molecule has 56 heavy (non-hydrogen) atoms. The Morgan fingerprint density at radius 1 is 0.446 bits per heavy atom. The maximum Gasteiger partial charge on any atom is 0.346 e. The van der Waals surface area contributed by atoms with E-state index in [0.717, 1.165) is 54.6 Å². The summed E-state index contributed by atoms with van der Waals surface area (Å²) in [5, 5.41) is 18.8. The lowest BCUT2D eigenvalue weighted by Crippen LogP contribution is -2.22. The van der Waals surface area contributed by atoms with Crippen molar-refractivity contribution >= 4 is 40.5 Å². The number of hydrogen-bond donors (Lipinski definition) is 1. The van der Waals surface area contributed by atoms with Gasteiger partial charge in [0.05, 0.1) is 0 Å². The van der Waals surface area contributed by atoms with Crippen molar-refractivity contribution in [1.29, 1.82) is 5.26 Å². The molecule has 7 aromatic carbocycles. The van der Waals surface area contributed by atoms with Gasteiger partial charge < -0.3 is 19.8 Å². The molecule has 0 saturated heterocycles. The zero-order chi connectivity index (χ0) is 38.5. The first-order chi connectivity index (χ1) is 27.5. The number of nitriles is 1. The first kappa shape index (κ1) is 37.0. The zero-order valence-electron chi connectivity index (χ0n) is 31.0. The van der Waals surface area contributed by atoms with Crippen LogP contribution in [0.1, 0.15) is 27.8 Å². The Hall–Kier alpha value is -7.36. The van der Waals surface area contributed by atoms with E-state index in [-0.39, 0.29) is 5.57 Å². The average molecular weight is 731 g/mol. The topological polar surface area (TPSA) is 70.8 Å². The molecule has 7 rings (SSSR count). The first-order valence-corrected chi connectivity index (χ1v) is 18.6. The number of hydrogen-bond acceptors (Lipinski definition) is 5. The highest BCUT2D eigenvalue weighted by Crippen LogP contribution is 2.37. The molecule has 0 heterocycles. The highest BCUT2D eigenvalue weighted by atomic mass is 16.4. The van der Waals surface area contributed by atoms with E-state index in [9.17, 15) is 15.2 Å². The van der Waals surface area contributed by atoms with Gasteiger partial charge in [-0.1, -0.05) is 133 Å². The van der Waals surface area contributed by atoms with Gasteiger partial charge in [-0.25, -0.2) is 4.79 Å². The predicted octanol–water partition coefficient (Wildman–Crippen LogP) is 11.6. The lowest BCUT2D eigenvalue weighted by Gasteiger charge is -2.29. The summed E-state index contributed by atoms with van der Waals surface area (Å²) in [5.74, 6) is -1.25. The molecule has 0 aliphatic heterocycles. The van der Waals surface area contributed by atoms with Crippen molar-refractivity contribution in [2.24, 2.45) is 0 Å². The highest BCUT2D eigenvalue weighted by molar-refractivity contribution is 5.96. The molecule has 0 amide bonds. The van der Waals surface area contributed by atoms with Gasteiger partial charge in [0.1, 0.15) is 11.6 Å². The van der Waals surface area contributed by atoms with Crippen LogP contribution in [-0.2, 0) is 31.0 Å². The van der Waals surface area contributed by atoms with Gasteiger partial charge in [0, 0.05) is 54.6 Å². The number of carboxylic acid groups (broad SMARTS) is 1. The molecule has 0 aliphatic rings. The van der Waals surface area contributed by atoms with Crippen LogP contribution in [0, 0.1) is 11.3 Å². The summed E-state index contributed by atoms with van der Waals surface area (Å²) < 4.78 is 0. The maximum atomic E-state index is 11.5. The molecule has 0 spiro atoms. The Bertz CT molecular complexity index is 2160. The van der Waals surface area contributed by atoms with Crippen LogP contribution in [0.5, 0.6) is 0 Å². The Morgan fingerprint density at radius 2 is 0.732 bits per heavy atom. The predicted molar refractivity (Wildman–Crippen MR) is 228 cm³/mol. The zero-order valence-corrected chi connectivity index (χ0v) is 31.0. The molecule has 0 atom stereocenters. The summed E-state index contributed by atoms with van der Waals surface area (Å²) in [5.41, 5.74) is 10.3. The van der Waals surface area contributed by atoms with Crippen molar-refractivity contribution in [3.8, 4) is 6.07 Å². The second-order valence-corrected chi connectivity index (χ2v) is 13.6. The monoisotopic (exact) mass is 730 g/mol. The fourth-order valence-corrected chi connectivity index (χ4v) is 6.79. The molecule has 0 aromatic heterocycles. The average Bonchev–Trinajstić information content (AvgIpc) is 3.25.